The lowest BCUT2D eigenvalue weighted by Gasteiger charge is -2.36. The number of carbonyl (C=O) groups is 1. The molecule has 1 aromatic rings. The van der Waals surface area contributed by atoms with Crippen LogP contribution in [0.5, 0.6) is 0 Å². The Morgan fingerprint density at radius 3 is 2.44 bits per heavy atom. The zero-order chi connectivity index (χ0) is 19.4. The van der Waals surface area contributed by atoms with Crippen molar-refractivity contribution < 1.29 is 13.2 Å². The summed E-state index contributed by atoms with van der Waals surface area (Å²) in [4.78, 5) is 27.6. The molecule has 8 nitrogen and oxygen atoms in total. The lowest BCUT2D eigenvalue weighted by molar-refractivity contribution is -0.135. The minimum absolute atomic E-state index is 0.0372. The maximum Gasteiger partial charge on any atom is 0.237 e. The van der Waals surface area contributed by atoms with Crippen molar-refractivity contribution in [3.05, 3.63) is 18.5 Å². The third-order valence-corrected chi connectivity index (χ3v) is 6.85. The van der Waals surface area contributed by atoms with Crippen molar-refractivity contribution in [2.24, 2.45) is 5.92 Å². The van der Waals surface area contributed by atoms with Gasteiger partial charge in [-0.25, -0.2) is 18.4 Å². The number of carbonyl (C=O) groups excluding carboxylic acids is 1. The molecule has 2 aliphatic heterocycles. The zero-order valence-electron chi connectivity index (χ0n) is 16.1. The summed E-state index contributed by atoms with van der Waals surface area (Å²) >= 11 is 0. The van der Waals surface area contributed by atoms with Gasteiger partial charge >= 0.3 is 0 Å². The van der Waals surface area contributed by atoms with Gasteiger partial charge in [0.2, 0.25) is 11.9 Å². The van der Waals surface area contributed by atoms with Gasteiger partial charge in [0.15, 0.2) is 9.84 Å². The lowest BCUT2D eigenvalue weighted by Crippen LogP contribution is -2.52. The van der Waals surface area contributed by atoms with Gasteiger partial charge in [-0.3, -0.25) is 9.69 Å². The third-order valence-electron chi connectivity index (χ3n) is 5.10. The Balaban J connectivity index is 1.56. The second-order valence-corrected chi connectivity index (χ2v) is 10.0. The molecule has 3 rings (SSSR count). The average Bonchev–Trinajstić information content (AvgIpc) is 3.00. The predicted octanol–water partition coefficient (Wildman–Crippen LogP) is 0.270. The zero-order valence-corrected chi connectivity index (χ0v) is 16.9. The first-order valence-corrected chi connectivity index (χ1v) is 11.4. The molecule has 2 fully saturated rings. The molecule has 1 atom stereocenters. The highest BCUT2D eigenvalue weighted by Gasteiger charge is 2.35. The van der Waals surface area contributed by atoms with Crippen molar-refractivity contribution in [1.29, 1.82) is 0 Å². The van der Waals surface area contributed by atoms with Crippen LogP contribution >= 0.6 is 0 Å². The molecule has 0 radical (unpaired) electrons. The molecule has 2 aliphatic rings. The third kappa shape index (κ3) is 5.38. The number of nitrogens with zero attached hydrogens (tertiary/aromatic N) is 5. The molecule has 9 heteroatoms. The maximum atomic E-state index is 12.9. The molecule has 3 heterocycles. The first-order chi connectivity index (χ1) is 12.8. The van der Waals surface area contributed by atoms with Crippen molar-refractivity contribution >= 4 is 21.7 Å². The van der Waals surface area contributed by atoms with Crippen molar-refractivity contribution in [3.63, 3.8) is 0 Å². The van der Waals surface area contributed by atoms with Gasteiger partial charge in [0, 0.05) is 51.2 Å². The summed E-state index contributed by atoms with van der Waals surface area (Å²) in [6.45, 7) is 8.15. The number of anilines is 1. The fourth-order valence-corrected chi connectivity index (χ4v) is 5.44. The Hall–Kier alpha value is -1.74. The molecule has 0 aromatic carbocycles. The van der Waals surface area contributed by atoms with Crippen molar-refractivity contribution in [1.82, 2.24) is 19.8 Å². The summed E-state index contributed by atoms with van der Waals surface area (Å²) in [5.74, 6) is 1.36. The quantitative estimate of drug-likeness (QED) is 0.683. The summed E-state index contributed by atoms with van der Waals surface area (Å²) in [6.07, 6.45) is 4.02. The van der Waals surface area contributed by atoms with E-state index in [1.54, 1.807) is 18.5 Å². The number of sulfone groups is 1. The monoisotopic (exact) mass is 395 g/mol. The lowest BCUT2D eigenvalue weighted by atomic mass is 10.1. The molecule has 0 bridgehead atoms. The number of aromatic nitrogens is 2. The Morgan fingerprint density at radius 2 is 1.89 bits per heavy atom. The predicted molar refractivity (Wildman–Crippen MR) is 104 cm³/mol. The highest BCUT2D eigenvalue weighted by atomic mass is 32.2. The number of hydrogen-bond donors (Lipinski definition) is 0. The molecule has 0 spiro atoms. The highest BCUT2D eigenvalue weighted by molar-refractivity contribution is 7.91. The van der Waals surface area contributed by atoms with E-state index in [2.05, 4.69) is 33.6 Å². The summed E-state index contributed by atoms with van der Waals surface area (Å²) in [7, 11) is -3.01. The van der Waals surface area contributed by atoms with Crippen LogP contribution in [0.15, 0.2) is 18.5 Å². The molecular formula is C18H29N5O3S. The molecule has 27 heavy (non-hydrogen) atoms. The van der Waals surface area contributed by atoms with E-state index in [0.717, 1.165) is 32.1 Å². The van der Waals surface area contributed by atoms with E-state index in [0.29, 0.717) is 25.4 Å². The van der Waals surface area contributed by atoms with E-state index in [9.17, 15) is 13.2 Å². The van der Waals surface area contributed by atoms with E-state index in [1.807, 2.05) is 4.90 Å². The molecule has 150 valence electrons. The molecule has 0 aliphatic carbocycles. The molecule has 1 amide bonds. The second-order valence-electron chi connectivity index (χ2n) is 7.81. The molecule has 0 unspecified atom stereocenters. The minimum atomic E-state index is -3.01. The summed E-state index contributed by atoms with van der Waals surface area (Å²) in [5.41, 5.74) is 0. The summed E-state index contributed by atoms with van der Waals surface area (Å²) in [6, 6.07) is 1.62. The van der Waals surface area contributed by atoms with Gasteiger partial charge in [-0.2, -0.15) is 0 Å². The SMILES string of the molecule is CC(C)CN(C(=O)CN1CCN(c2ncccn2)CC1)[C@H]1CCS(=O)(=O)C1. The van der Waals surface area contributed by atoms with Crippen LogP contribution in [0.2, 0.25) is 0 Å². The first-order valence-electron chi connectivity index (χ1n) is 9.58. The molecule has 2 saturated heterocycles. The number of amides is 1. The first kappa shape index (κ1) is 20.0. The second kappa shape index (κ2) is 8.52. The van der Waals surface area contributed by atoms with E-state index in [-0.39, 0.29) is 23.5 Å². The average molecular weight is 396 g/mol. The van der Waals surface area contributed by atoms with E-state index in [4.69, 9.17) is 0 Å². The van der Waals surface area contributed by atoms with E-state index in [1.165, 1.54) is 0 Å². The summed E-state index contributed by atoms with van der Waals surface area (Å²) < 4.78 is 23.7. The standard InChI is InChI=1S/C18H29N5O3S/c1-15(2)12-23(16-4-11-27(25,26)14-16)17(24)13-21-7-9-22(10-8-21)18-19-5-3-6-20-18/h3,5-6,15-16H,4,7-14H2,1-2H3/t16-/m0/s1. The largest absolute Gasteiger partial charge is 0.338 e. The Kier molecular flexibility index (Phi) is 6.31. The van der Waals surface area contributed by atoms with Crippen LogP contribution < -0.4 is 4.90 Å². The molecule has 0 saturated carbocycles. The highest BCUT2D eigenvalue weighted by Crippen LogP contribution is 2.20. The molecular weight excluding hydrogens is 366 g/mol. The fraction of sp³-hybridized carbons (Fsp3) is 0.722. The topological polar surface area (TPSA) is 86.7 Å². The van der Waals surface area contributed by atoms with Gasteiger partial charge in [0.1, 0.15) is 0 Å². The number of piperazine rings is 1. The van der Waals surface area contributed by atoms with Gasteiger partial charge in [0.05, 0.1) is 18.1 Å². The number of hydrogen-bond acceptors (Lipinski definition) is 7. The van der Waals surface area contributed by atoms with Crippen LogP contribution in [0.25, 0.3) is 0 Å². The van der Waals surface area contributed by atoms with Crippen LogP contribution in [0.3, 0.4) is 0 Å². The van der Waals surface area contributed by atoms with Crippen molar-refractivity contribution in [2.75, 3.05) is 55.7 Å². The number of rotatable bonds is 6. The van der Waals surface area contributed by atoms with Crippen molar-refractivity contribution in [3.8, 4) is 0 Å². The van der Waals surface area contributed by atoms with Crippen LogP contribution in [0, 0.1) is 5.92 Å². The van der Waals surface area contributed by atoms with E-state index >= 15 is 0 Å². The van der Waals surface area contributed by atoms with Crippen LogP contribution in [-0.2, 0) is 14.6 Å². The maximum absolute atomic E-state index is 12.9. The van der Waals surface area contributed by atoms with Gasteiger partial charge in [-0.1, -0.05) is 13.8 Å². The van der Waals surface area contributed by atoms with Gasteiger partial charge in [-0.05, 0) is 18.4 Å². The van der Waals surface area contributed by atoms with Crippen LogP contribution in [0.4, 0.5) is 5.95 Å². The van der Waals surface area contributed by atoms with Crippen molar-refractivity contribution in [2.45, 2.75) is 26.3 Å². The smallest absolute Gasteiger partial charge is 0.237 e. The Bertz CT molecular complexity index is 733. The Morgan fingerprint density at radius 1 is 1.22 bits per heavy atom. The Labute approximate surface area is 161 Å². The minimum Gasteiger partial charge on any atom is -0.338 e. The van der Waals surface area contributed by atoms with Crippen LogP contribution in [0.1, 0.15) is 20.3 Å². The van der Waals surface area contributed by atoms with Gasteiger partial charge in [0.25, 0.3) is 0 Å². The summed E-state index contributed by atoms with van der Waals surface area (Å²) in [5, 5.41) is 0. The molecule has 0 N–H and O–H groups in total. The molecule has 1 aromatic heterocycles. The van der Waals surface area contributed by atoms with Crippen LogP contribution in [-0.4, -0.2) is 90.9 Å². The van der Waals surface area contributed by atoms with Gasteiger partial charge in [-0.15, -0.1) is 0 Å². The fourth-order valence-electron chi connectivity index (χ4n) is 3.71. The van der Waals surface area contributed by atoms with Gasteiger partial charge < -0.3 is 9.80 Å². The van der Waals surface area contributed by atoms with E-state index < -0.39 is 9.84 Å². The normalized spacial score (nSPS) is 22.9.